The molecule has 0 aliphatic rings. The van der Waals surface area contributed by atoms with Crippen molar-refractivity contribution < 1.29 is 4.55 Å². The number of nitrogens with zero attached hydrogens (tertiary/aromatic N) is 3. The summed E-state index contributed by atoms with van der Waals surface area (Å²) in [5.41, 5.74) is 3.85. The van der Waals surface area contributed by atoms with Crippen molar-refractivity contribution >= 4 is 46.5 Å². The van der Waals surface area contributed by atoms with E-state index in [0.717, 1.165) is 22.3 Å². The van der Waals surface area contributed by atoms with Crippen LogP contribution in [0.15, 0.2) is 17.3 Å². The van der Waals surface area contributed by atoms with Crippen molar-refractivity contribution in [2.45, 2.75) is 25.9 Å². The lowest BCUT2D eigenvalue weighted by Crippen LogP contribution is -2.40. The molecule has 0 saturated heterocycles. The first-order valence-corrected chi connectivity index (χ1v) is 6.92. The Kier molecular flexibility index (Phi) is 4.70. The van der Waals surface area contributed by atoms with Gasteiger partial charge in [-0.1, -0.05) is 17.1 Å². The number of rotatable bonds is 4. The molecule has 0 fully saturated rings. The standard InChI is InChI=1S/C11H12B4N3OS/c1-6-5-10(7(2)4-9(6)15(13)14-12)18-11(20-19)16-8(3)17-18/h4-5,19H,1-3H3. The van der Waals surface area contributed by atoms with Crippen LogP contribution in [-0.4, -0.2) is 48.3 Å². The van der Waals surface area contributed by atoms with Gasteiger partial charge in [-0.05, 0) is 32.4 Å². The predicted molar refractivity (Wildman–Crippen MR) is 86.7 cm³/mol. The van der Waals surface area contributed by atoms with E-state index >= 15 is 0 Å². The van der Waals surface area contributed by atoms with Gasteiger partial charge in [0.1, 0.15) is 5.82 Å². The van der Waals surface area contributed by atoms with E-state index in [-0.39, 0.29) is 6.49 Å². The minimum absolute atomic E-state index is 0.299. The highest BCUT2D eigenvalue weighted by Crippen LogP contribution is 2.20. The Morgan fingerprint density at radius 2 is 2.00 bits per heavy atom. The van der Waals surface area contributed by atoms with Gasteiger partial charge in [0.2, 0.25) is 5.16 Å². The van der Waals surface area contributed by atoms with Crippen LogP contribution >= 0.6 is 12.0 Å². The lowest BCUT2D eigenvalue weighted by atomic mass is 9.03. The molecule has 0 aliphatic carbocycles. The van der Waals surface area contributed by atoms with E-state index in [4.69, 9.17) is 15.5 Å². The summed E-state index contributed by atoms with van der Waals surface area (Å²) in [7, 11) is 12.9. The van der Waals surface area contributed by atoms with Crippen LogP contribution < -0.4 is 5.46 Å². The predicted octanol–water partition coefficient (Wildman–Crippen LogP) is 0.409. The molecule has 1 heterocycles. The number of hydrogen-bond donors (Lipinski definition) is 1. The molecular formula is C11H12B4N3OS. The molecule has 0 saturated carbocycles. The second kappa shape index (κ2) is 6.14. The van der Waals surface area contributed by atoms with Crippen LogP contribution in [0, 0.1) is 20.8 Å². The van der Waals surface area contributed by atoms with Gasteiger partial charge in [-0.2, -0.15) is 5.10 Å². The zero-order valence-electron chi connectivity index (χ0n) is 11.7. The summed E-state index contributed by atoms with van der Waals surface area (Å²) in [6.07, 6.45) is 0. The Balaban J connectivity index is 2.56. The van der Waals surface area contributed by atoms with Gasteiger partial charge in [0, 0.05) is 22.5 Å². The normalized spacial score (nSPS) is 10.6. The average molecular weight is 278 g/mol. The van der Waals surface area contributed by atoms with Crippen molar-refractivity contribution in [2.24, 2.45) is 0 Å². The zero-order chi connectivity index (χ0) is 14.9. The molecule has 9 heteroatoms. The van der Waals surface area contributed by atoms with Crippen molar-refractivity contribution in [3.05, 3.63) is 29.1 Å². The Morgan fingerprint density at radius 1 is 1.30 bits per heavy atom. The molecule has 1 N–H and O–H groups in total. The molecule has 0 atom stereocenters. The monoisotopic (exact) mass is 278 g/mol. The molecule has 1 aromatic carbocycles. The molecule has 0 amide bonds. The minimum atomic E-state index is -0.299. The molecule has 4 nitrogen and oxygen atoms in total. The fraction of sp³-hybridized carbons (Fsp3) is 0.273. The van der Waals surface area contributed by atoms with Crippen molar-refractivity contribution in [1.29, 1.82) is 0 Å². The topological polar surface area (TPSA) is 50.9 Å². The van der Waals surface area contributed by atoms with Crippen LogP contribution in [-0.2, 0) is 0 Å². The van der Waals surface area contributed by atoms with Crippen LogP contribution in [0.5, 0.6) is 0 Å². The van der Waals surface area contributed by atoms with Gasteiger partial charge in [-0.3, -0.25) is 0 Å². The lowest BCUT2D eigenvalue weighted by Gasteiger charge is -2.16. The fourth-order valence-electron chi connectivity index (χ4n) is 2.13. The Hall–Kier alpha value is -1.07. The zero-order valence-corrected chi connectivity index (χ0v) is 12.5. The Bertz CT molecular complexity index is 634. The highest BCUT2D eigenvalue weighted by molar-refractivity contribution is 7.93. The number of benzene rings is 1. The average Bonchev–Trinajstić information content (AvgIpc) is 2.81. The number of aromatic nitrogens is 3. The molecule has 0 unspecified atom stereocenters. The van der Waals surface area contributed by atoms with Crippen molar-refractivity contribution in [3.63, 3.8) is 0 Å². The molecule has 2 aromatic rings. The summed E-state index contributed by atoms with van der Waals surface area (Å²) in [5, 5.41) is 4.75. The summed E-state index contributed by atoms with van der Waals surface area (Å²) >= 11 is 0.579. The van der Waals surface area contributed by atoms with Crippen LogP contribution in [0.4, 0.5) is 0 Å². The van der Waals surface area contributed by atoms with Gasteiger partial charge in [-0.25, -0.2) is 9.67 Å². The summed E-state index contributed by atoms with van der Waals surface area (Å²) in [6.45, 7) is 5.42. The smallest absolute Gasteiger partial charge is 0.218 e. The second-order valence-electron chi connectivity index (χ2n) is 4.66. The van der Waals surface area contributed by atoms with Crippen LogP contribution in [0.3, 0.4) is 0 Å². The molecule has 2 rings (SSSR count). The van der Waals surface area contributed by atoms with E-state index in [9.17, 15) is 4.55 Å². The lowest BCUT2D eigenvalue weighted by molar-refractivity contribution is 0.644. The number of hydrogen-bond acceptors (Lipinski definition) is 4. The highest BCUT2D eigenvalue weighted by atomic mass is 32.2. The molecule has 1 aromatic heterocycles. The van der Waals surface area contributed by atoms with Crippen LogP contribution in [0.2, 0.25) is 0 Å². The maximum absolute atomic E-state index is 9.29. The Morgan fingerprint density at radius 3 is 2.60 bits per heavy atom. The van der Waals surface area contributed by atoms with E-state index in [1.165, 1.54) is 7.06 Å². The van der Waals surface area contributed by atoms with Crippen LogP contribution in [0.1, 0.15) is 17.0 Å². The third-order valence-corrected chi connectivity index (χ3v) is 3.57. The number of aryl methyl sites for hydroxylation is 3. The fourth-order valence-corrected chi connectivity index (χ4v) is 2.52. The summed E-state index contributed by atoms with van der Waals surface area (Å²) in [4.78, 5) is 4.16. The summed E-state index contributed by atoms with van der Waals surface area (Å²) < 4.78 is 10.9. The maximum atomic E-state index is 9.29. The van der Waals surface area contributed by atoms with Crippen molar-refractivity contribution in [2.75, 3.05) is 0 Å². The maximum Gasteiger partial charge on any atom is 0.218 e. The first kappa shape index (κ1) is 15.3. The van der Waals surface area contributed by atoms with Gasteiger partial charge in [0.15, 0.2) is 0 Å². The molecule has 5 radical (unpaired) electrons. The van der Waals surface area contributed by atoms with E-state index in [1.807, 2.05) is 26.0 Å². The van der Waals surface area contributed by atoms with Gasteiger partial charge < -0.3 is 4.55 Å². The molecule has 95 valence electrons. The first-order valence-electron chi connectivity index (χ1n) is 6.15. The van der Waals surface area contributed by atoms with Gasteiger partial charge in [0.25, 0.3) is 0 Å². The van der Waals surface area contributed by atoms with Crippen LogP contribution in [0.25, 0.3) is 5.69 Å². The summed E-state index contributed by atoms with van der Waals surface area (Å²) in [5.74, 6) is 0.606. The van der Waals surface area contributed by atoms with Crippen molar-refractivity contribution in [3.8, 4) is 5.69 Å². The third-order valence-electron chi connectivity index (χ3n) is 3.14. The SMILES string of the molecule is [B][B]B([B])c1cc(C)c(-n2nc(C)nc2SO)cc1C. The minimum Gasteiger partial charge on any atom is -0.323 e. The van der Waals surface area contributed by atoms with Gasteiger partial charge in [-0.15, -0.1) is 0 Å². The Labute approximate surface area is 127 Å². The molecular weight excluding hydrogens is 265 g/mol. The van der Waals surface area contributed by atoms with Crippen molar-refractivity contribution in [1.82, 2.24) is 14.8 Å². The first-order chi connectivity index (χ1) is 9.47. The van der Waals surface area contributed by atoms with E-state index in [0.29, 0.717) is 23.0 Å². The second-order valence-corrected chi connectivity index (χ2v) is 5.21. The highest BCUT2D eigenvalue weighted by Gasteiger charge is 2.15. The molecule has 0 bridgehead atoms. The quantitative estimate of drug-likeness (QED) is 0.650. The van der Waals surface area contributed by atoms with Gasteiger partial charge >= 0.3 is 0 Å². The summed E-state index contributed by atoms with van der Waals surface area (Å²) in [6, 6.07) is 3.96. The third kappa shape index (κ3) is 2.83. The largest absolute Gasteiger partial charge is 0.323 e. The van der Waals surface area contributed by atoms with E-state index in [2.05, 4.69) is 10.1 Å². The molecule has 0 spiro atoms. The van der Waals surface area contributed by atoms with Gasteiger partial charge in [0.05, 0.1) is 24.2 Å². The van der Waals surface area contributed by atoms with E-state index in [1.54, 1.807) is 11.6 Å². The molecule has 0 aliphatic heterocycles. The van der Waals surface area contributed by atoms with E-state index < -0.39 is 0 Å². The molecule has 20 heavy (non-hydrogen) atoms.